The molecule has 7 aliphatic carbocycles. The number of carbonyl (C=O) groups is 2. The fourth-order valence-electron chi connectivity index (χ4n) is 20.8. The fraction of sp³-hybridized carbons (Fsp3) is 0.758. The first-order valence-corrected chi connectivity index (χ1v) is 30.7. The molecule has 0 amide bonds. The summed E-state index contributed by atoms with van der Waals surface area (Å²) < 4.78 is 6.87. The topological polar surface area (TPSA) is 178 Å². The van der Waals surface area contributed by atoms with Gasteiger partial charge in [0.1, 0.15) is 17.6 Å². The zero-order valence-corrected chi connectivity index (χ0v) is 47.8. The van der Waals surface area contributed by atoms with E-state index in [0.29, 0.717) is 62.3 Å². The molecule has 7 fully saturated rings. The zero-order chi connectivity index (χ0) is 53.9. The van der Waals surface area contributed by atoms with E-state index in [1.807, 2.05) is 26.1 Å². The molecule has 2 saturated heterocycles. The number of nitrogen functional groups attached to an aromatic ring is 1. The van der Waals surface area contributed by atoms with E-state index in [0.717, 1.165) is 125 Å². The Morgan fingerprint density at radius 3 is 2.41 bits per heavy atom. The first-order valence-electron chi connectivity index (χ1n) is 30.7. The summed E-state index contributed by atoms with van der Waals surface area (Å²) in [6, 6.07) is 12.5. The average Bonchev–Trinajstić information content (AvgIpc) is 3.82. The van der Waals surface area contributed by atoms with Gasteiger partial charge in [-0.3, -0.25) is 9.59 Å². The number of hydrogen-bond donors (Lipinski definition) is 7. The van der Waals surface area contributed by atoms with Crippen molar-refractivity contribution >= 4 is 17.3 Å². The number of nitrogens with one attached hydrogen (secondary N) is 2. The van der Waals surface area contributed by atoms with Crippen molar-refractivity contribution in [2.24, 2.45) is 69.0 Å². The van der Waals surface area contributed by atoms with Crippen LogP contribution in [0.2, 0.25) is 0 Å². The van der Waals surface area contributed by atoms with E-state index in [4.69, 9.17) is 10.5 Å². The van der Waals surface area contributed by atoms with Crippen LogP contribution in [-0.4, -0.2) is 81.6 Å². The van der Waals surface area contributed by atoms with Crippen LogP contribution in [0, 0.1) is 69.0 Å². The zero-order valence-electron chi connectivity index (χ0n) is 47.8. The number of allylic oxidation sites excluding steroid dienone is 2. The number of fused-ring (bicyclic) bond motifs is 2. The van der Waals surface area contributed by atoms with E-state index in [1.54, 1.807) is 0 Å². The Morgan fingerprint density at radius 1 is 0.868 bits per heavy atom. The minimum atomic E-state index is -0.886. The summed E-state index contributed by atoms with van der Waals surface area (Å²) in [6.45, 7) is 17.2. The number of ketones is 2. The summed E-state index contributed by atoms with van der Waals surface area (Å²) in [5.74, 6) is 2.37. The Morgan fingerprint density at radius 2 is 1.64 bits per heavy atom. The molecule has 76 heavy (non-hydrogen) atoms. The number of aliphatic hydroxyl groups excluding tert-OH is 2. The maximum atomic E-state index is 15.8. The lowest BCUT2D eigenvalue weighted by molar-refractivity contribution is -0.206. The fourth-order valence-corrected chi connectivity index (χ4v) is 20.8. The number of benzene rings is 2. The first kappa shape index (κ1) is 54.8. The Hall–Kier alpha value is -3.12. The summed E-state index contributed by atoms with van der Waals surface area (Å²) in [7, 11) is 1.92. The number of hydrogen-bond acceptors (Lipinski definition) is 10. The van der Waals surface area contributed by atoms with Gasteiger partial charge in [-0.2, -0.15) is 0 Å². The van der Waals surface area contributed by atoms with Crippen LogP contribution >= 0.6 is 0 Å². The molecule has 1 spiro atoms. The molecule has 4 bridgehead atoms. The van der Waals surface area contributed by atoms with Crippen LogP contribution in [0.4, 0.5) is 5.69 Å². The van der Waals surface area contributed by atoms with Crippen LogP contribution in [0.3, 0.4) is 0 Å². The van der Waals surface area contributed by atoms with Crippen molar-refractivity contribution in [1.29, 1.82) is 0 Å². The highest BCUT2D eigenvalue weighted by molar-refractivity contribution is 6.01. The maximum absolute atomic E-state index is 15.8. The third kappa shape index (κ3) is 9.11. The van der Waals surface area contributed by atoms with Gasteiger partial charge in [0.25, 0.3) is 0 Å². The first-order chi connectivity index (χ1) is 36.1. The van der Waals surface area contributed by atoms with Crippen LogP contribution in [-0.2, 0) is 27.3 Å². The number of carbonyl (C=O) groups excluding carboxylic acids is 2. The van der Waals surface area contributed by atoms with E-state index < -0.39 is 28.1 Å². The second-order valence-corrected chi connectivity index (χ2v) is 29.0. The molecule has 0 aromatic heterocycles. The molecule has 2 aromatic rings. The number of Topliss-reactive ketones (excluding diaryl/α,β-unsaturated/α-hetero) is 2. The molecular formula is C66H97N3O7. The Bertz CT molecular complexity index is 2580. The number of ether oxygens (including phenoxy) is 1. The Labute approximate surface area is 456 Å². The smallest absolute Gasteiger partial charge is 0.160 e. The van der Waals surface area contributed by atoms with Crippen molar-refractivity contribution in [3.05, 3.63) is 69.8 Å². The molecule has 418 valence electrons. The van der Waals surface area contributed by atoms with Crippen molar-refractivity contribution < 1.29 is 34.8 Å². The van der Waals surface area contributed by atoms with Gasteiger partial charge in [0.05, 0.1) is 17.3 Å². The quantitative estimate of drug-likeness (QED) is 0.0847. The monoisotopic (exact) mass is 1040 g/mol. The lowest BCUT2D eigenvalue weighted by Gasteiger charge is -2.72. The summed E-state index contributed by atoms with van der Waals surface area (Å²) in [6.07, 6.45) is 16.6. The Balaban J connectivity index is 0.988. The summed E-state index contributed by atoms with van der Waals surface area (Å²) in [5.41, 5.74) is 11.2. The second kappa shape index (κ2) is 20.1. The predicted molar refractivity (Wildman–Crippen MR) is 300 cm³/mol. The molecule has 2 heterocycles. The van der Waals surface area contributed by atoms with Gasteiger partial charge < -0.3 is 41.5 Å². The van der Waals surface area contributed by atoms with Crippen LogP contribution in [0.25, 0.3) is 0 Å². The third-order valence-corrected chi connectivity index (χ3v) is 23.7. The lowest BCUT2D eigenvalue weighted by atomic mass is 9.32. The number of phenols is 1. The third-order valence-electron chi connectivity index (χ3n) is 23.7. The molecule has 18 atom stereocenters. The van der Waals surface area contributed by atoms with E-state index in [-0.39, 0.29) is 82.5 Å². The van der Waals surface area contributed by atoms with Crippen LogP contribution in [0.1, 0.15) is 205 Å². The minimum Gasteiger partial charge on any atom is -0.508 e. The largest absolute Gasteiger partial charge is 0.508 e. The second-order valence-electron chi connectivity index (χ2n) is 29.0. The van der Waals surface area contributed by atoms with Crippen LogP contribution in [0.15, 0.2) is 47.5 Å². The number of rotatable bonds is 11. The normalized spacial score (nSPS) is 43.8. The molecule has 9 aliphatic rings. The molecule has 0 radical (unpaired) electrons. The van der Waals surface area contributed by atoms with Gasteiger partial charge in [0.15, 0.2) is 5.78 Å². The van der Waals surface area contributed by atoms with Crippen molar-refractivity contribution in [3.63, 3.8) is 0 Å². The van der Waals surface area contributed by atoms with Gasteiger partial charge in [-0.15, -0.1) is 0 Å². The van der Waals surface area contributed by atoms with E-state index in [1.165, 1.54) is 16.7 Å². The molecule has 10 heteroatoms. The molecule has 11 rings (SSSR count). The molecule has 10 nitrogen and oxygen atoms in total. The van der Waals surface area contributed by atoms with Crippen molar-refractivity contribution in [3.8, 4) is 5.75 Å². The molecular weight excluding hydrogens is 947 g/mol. The number of phenolic OH excluding ortho intramolecular Hbond substituents is 1. The van der Waals surface area contributed by atoms with E-state index in [2.05, 4.69) is 76.4 Å². The van der Waals surface area contributed by atoms with Gasteiger partial charge in [0, 0.05) is 54.6 Å². The summed E-state index contributed by atoms with van der Waals surface area (Å²) in [5, 5.41) is 54.3. The number of nitrogens with two attached hydrogens (primary N) is 1. The lowest BCUT2D eigenvalue weighted by Crippen LogP contribution is -2.71. The maximum Gasteiger partial charge on any atom is 0.160 e. The number of aliphatic hydroxyl groups is 3. The highest BCUT2D eigenvalue weighted by Gasteiger charge is 2.73. The molecule has 2 aliphatic heterocycles. The summed E-state index contributed by atoms with van der Waals surface area (Å²) in [4.78, 5) is 31.6. The molecule has 5 saturated carbocycles. The van der Waals surface area contributed by atoms with Gasteiger partial charge in [-0.05, 0) is 227 Å². The van der Waals surface area contributed by atoms with Gasteiger partial charge in [-0.1, -0.05) is 84.4 Å². The summed E-state index contributed by atoms with van der Waals surface area (Å²) >= 11 is 0. The highest BCUT2D eigenvalue weighted by Crippen LogP contribution is 2.77. The van der Waals surface area contributed by atoms with Gasteiger partial charge >= 0.3 is 0 Å². The number of anilines is 1. The van der Waals surface area contributed by atoms with Crippen LogP contribution < -0.4 is 16.4 Å². The SMILES string of the molecule is CNCc1cc(O)cc([C@H]2C[C@@]3(C)[C@H]4CCC5=C6C(=O)C[C@]5(C)[C@@]4(CCC[C@H]4CC[C@H](CO)C[C@H]4[C@@H]6C[C@@H](O)[C@H]4O[C@]4(C)[C@@H]4CCC[C@H]4c4cc(N)cc(CC(C)C)c4)C[C@@H]4NC[C@@](C)(O)CCCC[C@@](C)(C2=O)[C@H]43)c1. The predicted octanol–water partition coefficient (Wildman–Crippen LogP) is 11.3. The number of epoxide rings is 1. The van der Waals surface area contributed by atoms with E-state index >= 15 is 9.59 Å². The minimum absolute atomic E-state index is 0.0261. The number of β-amino-alcohol motifs (C(OH)–C–C–N with tert-alkyl or cyclic N) is 1. The van der Waals surface area contributed by atoms with Gasteiger partial charge in [-0.25, -0.2) is 0 Å². The Kier molecular flexibility index (Phi) is 14.5. The van der Waals surface area contributed by atoms with Crippen molar-refractivity contribution in [1.82, 2.24) is 10.6 Å². The average molecular weight is 1040 g/mol. The van der Waals surface area contributed by atoms with Crippen molar-refractivity contribution in [2.75, 3.05) is 25.9 Å². The highest BCUT2D eigenvalue weighted by atomic mass is 16.6. The van der Waals surface area contributed by atoms with E-state index in [9.17, 15) is 20.4 Å². The van der Waals surface area contributed by atoms with Crippen LogP contribution in [0.5, 0.6) is 5.75 Å². The molecule has 2 aromatic carbocycles. The van der Waals surface area contributed by atoms with Gasteiger partial charge in [0.2, 0.25) is 0 Å². The molecule has 0 unspecified atom stereocenters. The number of aromatic hydroxyl groups is 1. The van der Waals surface area contributed by atoms with Crippen molar-refractivity contribution in [2.45, 2.75) is 225 Å². The standard InChI is InChI=1S/C66H97N3O7/c1-38(2)23-40-24-43(29-45(67)26-40)47-14-11-15-51(47)65(7)60(76-65)54(72)31-49-48-28-39(36-70)16-17-42(48)13-12-22-66-33-53-58-62(4,21-10-9-20-61(3,75)37-69-53)59(74)50(44-25-41(35-68-8)27-46(71)30-44)32-63(58,5)56(66)19-18-52-57(49)55(73)34-64(52,66)6/h24-27,29-30,38-39,42,47-51,53-54,56,58,60,68-72,75H,9-23,28,31-37,67H2,1-8H3/t39-,42-,47-,48+,49-,50+,51+,53-,54+,56+,58-,60+,61-,62+,63-,64-,65+,66-/m0/s1. The molecule has 8 N–H and O–H groups in total.